The Kier molecular flexibility index (Phi) is 3.83. The summed E-state index contributed by atoms with van der Waals surface area (Å²) in [5.41, 5.74) is 0.711. The summed E-state index contributed by atoms with van der Waals surface area (Å²) in [4.78, 5) is 19.4. The molecule has 0 amide bonds. The number of rotatable bonds is 4. The summed E-state index contributed by atoms with van der Waals surface area (Å²) in [7, 11) is 0. The molecular formula is C16H21N3O. The van der Waals surface area contributed by atoms with Crippen molar-refractivity contribution in [3.63, 3.8) is 0 Å². The summed E-state index contributed by atoms with van der Waals surface area (Å²) >= 11 is 0. The van der Waals surface area contributed by atoms with E-state index in [1.165, 1.54) is 25.7 Å². The van der Waals surface area contributed by atoms with Crippen molar-refractivity contribution in [1.82, 2.24) is 15.3 Å². The van der Waals surface area contributed by atoms with Crippen LogP contribution in [-0.2, 0) is 6.54 Å². The smallest absolute Gasteiger partial charge is 0.258 e. The van der Waals surface area contributed by atoms with E-state index in [1.807, 2.05) is 18.2 Å². The molecule has 1 aromatic heterocycles. The molecule has 1 fully saturated rings. The monoisotopic (exact) mass is 271 g/mol. The average molecular weight is 271 g/mol. The topological polar surface area (TPSA) is 57.8 Å². The lowest BCUT2D eigenvalue weighted by atomic mass is 10.00. The Labute approximate surface area is 118 Å². The summed E-state index contributed by atoms with van der Waals surface area (Å²) in [6, 6.07) is 7.94. The Morgan fingerprint density at radius 3 is 2.90 bits per heavy atom. The third-order valence-electron chi connectivity index (χ3n) is 4.36. The minimum Gasteiger partial charge on any atom is -0.309 e. The molecule has 0 aliphatic heterocycles. The second-order valence-electron chi connectivity index (χ2n) is 5.74. The minimum absolute atomic E-state index is 0.0547. The zero-order valence-corrected chi connectivity index (χ0v) is 11.9. The molecule has 4 nitrogen and oxygen atoms in total. The molecule has 1 aliphatic rings. The quantitative estimate of drug-likeness (QED) is 0.898. The predicted octanol–water partition coefficient (Wildman–Crippen LogP) is 2.59. The molecule has 1 unspecified atom stereocenters. The second kappa shape index (κ2) is 5.75. The summed E-state index contributed by atoms with van der Waals surface area (Å²) in [6.45, 7) is 2.85. The fourth-order valence-electron chi connectivity index (χ4n) is 3.10. The molecule has 1 atom stereocenters. The Balaban J connectivity index is 1.72. The third kappa shape index (κ3) is 2.75. The number of nitrogens with zero attached hydrogens (tertiary/aromatic N) is 1. The van der Waals surface area contributed by atoms with Crippen LogP contribution in [-0.4, -0.2) is 16.0 Å². The number of fused-ring (bicyclic) bond motifs is 1. The molecule has 0 radical (unpaired) electrons. The lowest BCUT2D eigenvalue weighted by molar-refractivity contribution is 0.377. The number of para-hydroxylation sites is 1. The van der Waals surface area contributed by atoms with E-state index in [0.29, 0.717) is 18.0 Å². The summed E-state index contributed by atoms with van der Waals surface area (Å²) < 4.78 is 0. The van der Waals surface area contributed by atoms with Crippen LogP contribution < -0.4 is 10.9 Å². The third-order valence-corrected chi connectivity index (χ3v) is 4.36. The van der Waals surface area contributed by atoms with Gasteiger partial charge < -0.3 is 10.3 Å². The molecule has 4 heteroatoms. The predicted molar refractivity (Wildman–Crippen MR) is 80.6 cm³/mol. The van der Waals surface area contributed by atoms with Crippen LogP contribution in [0.3, 0.4) is 0 Å². The van der Waals surface area contributed by atoms with Crippen molar-refractivity contribution in [2.45, 2.75) is 45.2 Å². The summed E-state index contributed by atoms with van der Waals surface area (Å²) in [5, 5.41) is 4.15. The molecule has 1 heterocycles. The first-order chi connectivity index (χ1) is 9.74. The van der Waals surface area contributed by atoms with E-state index in [-0.39, 0.29) is 5.56 Å². The van der Waals surface area contributed by atoms with Crippen LogP contribution in [0.2, 0.25) is 0 Å². The van der Waals surface area contributed by atoms with Crippen LogP contribution in [0.4, 0.5) is 0 Å². The minimum atomic E-state index is -0.0547. The summed E-state index contributed by atoms with van der Waals surface area (Å²) in [6.07, 6.45) is 5.33. The number of aromatic amines is 1. The van der Waals surface area contributed by atoms with Crippen molar-refractivity contribution in [2.75, 3.05) is 0 Å². The normalized spacial score (nSPS) is 17.6. The zero-order chi connectivity index (χ0) is 13.9. The van der Waals surface area contributed by atoms with Crippen molar-refractivity contribution in [3.8, 4) is 0 Å². The Morgan fingerprint density at radius 2 is 2.10 bits per heavy atom. The van der Waals surface area contributed by atoms with Crippen LogP contribution >= 0.6 is 0 Å². The highest BCUT2D eigenvalue weighted by Crippen LogP contribution is 2.27. The number of nitrogens with one attached hydrogen (secondary N) is 2. The lowest BCUT2D eigenvalue weighted by Crippen LogP contribution is -2.33. The van der Waals surface area contributed by atoms with Crippen molar-refractivity contribution in [1.29, 1.82) is 0 Å². The molecule has 1 aromatic carbocycles. The lowest BCUT2D eigenvalue weighted by Gasteiger charge is -2.20. The molecule has 0 spiro atoms. The van der Waals surface area contributed by atoms with Crippen LogP contribution in [0.25, 0.3) is 10.9 Å². The molecule has 0 bridgehead atoms. The number of benzene rings is 1. The van der Waals surface area contributed by atoms with E-state index in [9.17, 15) is 4.79 Å². The standard InChI is InChI=1S/C16H21N3O/c1-11(12-6-2-3-7-12)17-10-15-18-14-9-5-4-8-13(14)16(20)19-15/h4-5,8-9,11-12,17H,2-3,6-7,10H2,1H3,(H,18,19,20). The van der Waals surface area contributed by atoms with Crippen LogP contribution in [0.15, 0.2) is 29.1 Å². The van der Waals surface area contributed by atoms with E-state index in [0.717, 1.165) is 17.3 Å². The van der Waals surface area contributed by atoms with Crippen LogP contribution in [0, 0.1) is 5.92 Å². The first-order valence-electron chi connectivity index (χ1n) is 7.45. The van der Waals surface area contributed by atoms with Crippen molar-refractivity contribution < 1.29 is 0 Å². The molecule has 0 saturated heterocycles. The largest absolute Gasteiger partial charge is 0.309 e. The van der Waals surface area contributed by atoms with Gasteiger partial charge in [-0.15, -0.1) is 0 Å². The maximum atomic E-state index is 12.0. The van der Waals surface area contributed by atoms with E-state index >= 15 is 0 Å². The van der Waals surface area contributed by atoms with Gasteiger partial charge in [0.1, 0.15) is 5.82 Å². The van der Waals surface area contributed by atoms with Gasteiger partial charge in [-0.3, -0.25) is 4.79 Å². The molecule has 106 valence electrons. The fraction of sp³-hybridized carbons (Fsp3) is 0.500. The average Bonchev–Trinajstić information content (AvgIpc) is 2.99. The summed E-state index contributed by atoms with van der Waals surface area (Å²) in [5.74, 6) is 1.49. The maximum absolute atomic E-state index is 12.0. The Hall–Kier alpha value is -1.68. The van der Waals surface area contributed by atoms with Crippen LogP contribution in [0.5, 0.6) is 0 Å². The van der Waals surface area contributed by atoms with Crippen molar-refractivity contribution in [3.05, 3.63) is 40.4 Å². The molecule has 2 N–H and O–H groups in total. The van der Waals surface area contributed by atoms with Gasteiger partial charge in [-0.05, 0) is 37.8 Å². The molecule has 1 aliphatic carbocycles. The molecule has 1 saturated carbocycles. The molecular weight excluding hydrogens is 250 g/mol. The van der Waals surface area contributed by atoms with Gasteiger partial charge in [0.25, 0.3) is 5.56 Å². The maximum Gasteiger partial charge on any atom is 0.258 e. The fourth-order valence-corrected chi connectivity index (χ4v) is 3.10. The van der Waals surface area contributed by atoms with Gasteiger partial charge >= 0.3 is 0 Å². The number of hydrogen-bond donors (Lipinski definition) is 2. The van der Waals surface area contributed by atoms with Crippen LogP contribution in [0.1, 0.15) is 38.4 Å². The van der Waals surface area contributed by atoms with Crippen molar-refractivity contribution in [2.24, 2.45) is 5.92 Å². The van der Waals surface area contributed by atoms with Gasteiger partial charge in [0, 0.05) is 6.04 Å². The van der Waals surface area contributed by atoms with Gasteiger partial charge in [0.15, 0.2) is 0 Å². The highest BCUT2D eigenvalue weighted by Gasteiger charge is 2.21. The van der Waals surface area contributed by atoms with E-state index in [4.69, 9.17) is 0 Å². The molecule has 20 heavy (non-hydrogen) atoms. The Bertz CT molecular complexity index is 643. The second-order valence-corrected chi connectivity index (χ2v) is 5.74. The first kappa shape index (κ1) is 13.3. The van der Waals surface area contributed by atoms with E-state index in [2.05, 4.69) is 22.2 Å². The van der Waals surface area contributed by atoms with Gasteiger partial charge in [-0.2, -0.15) is 0 Å². The van der Waals surface area contributed by atoms with Gasteiger partial charge in [-0.25, -0.2) is 4.98 Å². The SMILES string of the molecule is CC(NCc1nc2ccccc2c(=O)[nH]1)C1CCCC1. The molecule has 2 aromatic rings. The van der Waals surface area contributed by atoms with Crippen molar-refractivity contribution >= 4 is 10.9 Å². The van der Waals surface area contributed by atoms with Gasteiger partial charge in [-0.1, -0.05) is 25.0 Å². The van der Waals surface area contributed by atoms with E-state index < -0.39 is 0 Å². The Morgan fingerprint density at radius 1 is 1.35 bits per heavy atom. The number of aromatic nitrogens is 2. The van der Waals surface area contributed by atoms with Gasteiger partial charge in [0.2, 0.25) is 0 Å². The number of hydrogen-bond acceptors (Lipinski definition) is 3. The molecule has 3 rings (SSSR count). The number of H-pyrrole nitrogens is 1. The first-order valence-corrected chi connectivity index (χ1v) is 7.45. The highest BCUT2D eigenvalue weighted by atomic mass is 16.1. The van der Waals surface area contributed by atoms with E-state index in [1.54, 1.807) is 6.07 Å². The zero-order valence-electron chi connectivity index (χ0n) is 11.9. The highest BCUT2D eigenvalue weighted by molar-refractivity contribution is 5.77. The van der Waals surface area contributed by atoms with Gasteiger partial charge in [0.05, 0.1) is 17.4 Å².